The van der Waals surface area contributed by atoms with Crippen LogP contribution in [-0.4, -0.2) is 62.6 Å². The number of hydrogen-bond donors (Lipinski definition) is 0. The Morgan fingerprint density at radius 1 is 1.07 bits per heavy atom. The van der Waals surface area contributed by atoms with Crippen molar-refractivity contribution in [3.8, 4) is 5.75 Å². The molecule has 1 saturated heterocycles. The third kappa shape index (κ3) is 4.76. The summed E-state index contributed by atoms with van der Waals surface area (Å²) in [7, 11) is -3.59. The monoisotopic (exact) mass is 434 g/mol. The maximum Gasteiger partial charge on any atom is 0.254 e. The van der Waals surface area contributed by atoms with Gasteiger partial charge in [0.1, 0.15) is 5.75 Å². The maximum absolute atomic E-state index is 12.9. The van der Waals surface area contributed by atoms with Gasteiger partial charge in [0, 0.05) is 36.6 Å². The van der Waals surface area contributed by atoms with E-state index in [4.69, 9.17) is 4.74 Å². The van der Waals surface area contributed by atoms with Gasteiger partial charge < -0.3 is 9.64 Å². The number of ether oxygens (including phenoxy) is 1. The summed E-state index contributed by atoms with van der Waals surface area (Å²) in [6.45, 7) is 5.64. The molecule has 0 aliphatic carbocycles. The summed E-state index contributed by atoms with van der Waals surface area (Å²) in [6.07, 6.45) is 1.98. The van der Waals surface area contributed by atoms with E-state index in [-0.39, 0.29) is 23.9 Å². The number of sulfonamides is 1. The molecule has 6 nitrogen and oxygen atoms in total. The first-order valence-corrected chi connectivity index (χ1v) is 12.2. The molecule has 0 atom stereocenters. The highest BCUT2D eigenvalue weighted by atomic mass is 32.2. The first kappa shape index (κ1) is 21.7. The smallest absolute Gasteiger partial charge is 0.254 e. The highest BCUT2D eigenvalue weighted by Crippen LogP contribution is 2.23. The normalized spacial score (nSPS) is 15.3. The molecule has 2 aromatic rings. The number of benzene rings is 2. The number of aryl methyl sites for hydroxylation is 1. The molecule has 1 fully saturated rings. The van der Waals surface area contributed by atoms with E-state index in [9.17, 15) is 13.2 Å². The predicted octanol–water partition coefficient (Wildman–Crippen LogP) is 3.26. The van der Waals surface area contributed by atoms with E-state index in [1.807, 2.05) is 38.3 Å². The highest BCUT2D eigenvalue weighted by Gasteiger charge is 2.30. The Hall–Kier alpha value is -2.03. The van der Waals surface area contributed by atoms with Crippen molar-refractivity contribution < 1.29 is 17.9 Å². The first-order valence-electron chi connectivity index (χ1n) is 9.53. The van der Waals surface area contributed by atoms with Gasteiger partial charge in [-0.05, 0) is 62.1 Å². The summed E-state index contributed by atoms with van der Waals surface area (Å²) in [5, 5.41) is 0. The Bertz CT molecular complexity index is 967. The van der Waals surface area contributed by atoms with E-state index in [0.717, 1.165) is 10.5 Å². The van der Waals surface area contributed by atoms with E-state index in [1.54, 1.807) is 40.9 Å². The molecule has 0 aromatic heterocycles. The van der Waals surface area contributed by atoms with Crippen LogP contribution in [0.15, 0.2) is 52.3 Å². The van der Waals surface area contributed by atoms with Crippen LogP contribution < -0.4 is 4.74 Å². The molecule has 0 bridgehead atoms. The summed E-state index contributed by atoms with van der Waals surface area (Å²) >= 11 is 1.59. The molecule has 0 spiro atoms. The number of carbonyl (C=O) groups excluding carboxylic acids is 1. The average molecular weight is 435 g/mol. The predicted molar refractivity (Wildman–Crippen MR) is 115 cm³/mol. The molecule has 1 aliphatic heterocycles. The van der Waals surface area contributed by atoms with Crippen molar-refractivity contribution in [2.75, 3.05) is 39.0 Å². The summed E-state index contributed by atoms with van der Waals surface area (Å²) in [5.74, 6) is 0.598. The van der Waals surface area contributed by atoms with Gasteiger partial charge >= 0.3 is 0 Å². The van der Waals surface area contributed by atoms with Gasteiger partial charge in [0.25, 0.3) is 5.91 Å². The van der Waals surface area contributed by atoms with Gasteiger partial charge in [-0.15, -0.1) is 11.8 Å². The Morgan fingerprint density at radius 3 is 2.31 bits per heavy atom. The molecule has 1 heterocycles. The summed E-state index contributed by atoms with van der Waals surface area (Å²) in [6, 6.07) is 12.3. The van der Waals surface area contributed by atoms with Crippen LogP contribution in [0, 0.1) is 6.92 Å². The summed E-state index contributed by atoms with van der Waals surface area (Å²) in [4.78, 5) is 16.0. The van der Waals surface area contributed by atoms with Crippen LogP contribution in [0.2, 0.25) is 0 Å². The molecule has 29 heavy (non-hydrogen) atoms. The summed E-state index contributed by atoms with van der Waals surface area (Å²) in [5.41, 5.74) is 1.61. The van der Waals surface area contributed by atoms with Crippen molar-refractivity contribution in [1.82, 2.24) is 9.21 Å². The van der Waals surface area contributed by atoms with Gasteiger partial charge in [0.2, 0.25) is 10.0 Å². The van der Waals surface area contributed by atoms with Crippen LogP contribution >= 0.6 is 11.8 Å². The lowest BCUT2D eigenvalue weighted by molar-refractivity contribution is 0.0697. The second kappa shape index (κ2) is 9.19. The lowest BCUT2D eigenvalue weighted by Gasteiger charge is -2.34. The molecule has 0 N–H and O–H groups in total. The van der Waals surface area contributed by atoms with E-state index in [1.165, 1.54) is 4.31 Å². The van der Waals surface area contributed by atoms with E-state index >= 15 is 0 Å². The van der Waals surface area contributed by atoms with Crippen LogP contribution in [0.25, 0.3) is 0 Å². The third-order valence-corrected chi connectivity index (χ3v) is 7.61. The number of nitrogens with zero attached hydrogens (tertiary/aromatic N) is 2. The fraction of sp³-hybridized carbons (Fsp3) is 0.381. The number of rotatable bonds is 6. The zero-order valence-electron chi connectivity index (χ0n) is 16.9. The van der Waals surface area contributed by atoms with Crippen LogP contribution in [0.4, 0.5) is 0 Å². The molecule has 0 radical (unpaired) electrons. The minimum atomic E-state index is -3.59. The molecule has 0 unspecified atom stereocenters. The van der Waals surface area contributed by atoms with Crippen LogP contribution in [0.1, 0.15) is 22.8 Å². The number of thioether (sulfide) groups is 1. The molecular formula is C21H26N2O4S2. The molecule has 1 aliphatic rings. The minimum Gasteiger partial charge on any atom is -0.494 e. The van der Waals surface area contributed by atoms with Crippen molar-refractivity contribution in [2.24, 2.45) is 0 Å². The van der Waals surface area contributed by atoms with E-state index in [2.05, 4.69) is 0 Å². The van der Waals surface area contributed by atoms with Gasteiger partial charge in [0.05, 0.1) is 11.5 Å². The Labute approximate surface area is 176 Å². The maximum atomic E-state index is 12.9. The fourth-order valence-corrected chi connectivity index (χ4v) is 5.15. The molecule has 156 valence electrons. The lowest BCUT2D eigenvalue weighted by Crippen LogP contribution is -2.50. The topological polar surface area (TPSA) is 66.9 Å². The zero-order valence-corrected chi connectivity index (χ0v) is 18.6. The standard InChI is InChI=1S/C21H26N2O4S2/c1-4-27-17-6-9-19(10-7-17)29(25,26)23-13-11-22(12-14-23)21(24)20-15-18(28-3)8-5-16(20)2/h5-10,15H,4,11-14H2,1-3H3. The van der Waals surface area contributed by atoms with E-state index in [0.29, 0.717) is 31.0 Å². The molecule has 2 aromatic carbocycles. The van der Waals surface area contributed by atoms with Crippen molar-refractivity contribution in [2.45, 2.75) is 23.6 Å². The van der Waals surface area contributed by atoms with Crippen LogP contribution in [0.5, 0.6) is 5.75 Å². The third-order valence-electron chi connectivity index (χ3n) is 4.97. The lowest BCUT2D eigenvalue weighted by atomic mass is 10.1. The summed E-state index contributed by atoms with van der Waals surface area (Å²) < 4.78 is 32.7. The molecule has 1 amide bonds. The van der Waals surface area contributed by atoms with Crippen molar-refractivity contribution in [1.29, 1.82) is 0 Å². The minimum absolute atomic E-state index is 0.0449. The van der Waals surface area contributed by atoms with Gasteiger partial charge in [-0.25, -0.2) is 8.42 Å². The molecule has 0 saturated carbocycles. The van der Waals surface area contributed by atoms with E-state index < -0.39 is 10.0 Å². The van der Waals surface area contributed by atoms with Crippen molar-refractivity contribution in [3.63, 3.8) is 0 Å². The SMILES string of the molecule is CCOc1ccc(S(=O)(=O)N2CCN(C(=O)c3cc(SC)ccc3C)CC2)cc1. The van der Waals surface area contributed by atoms with Crippen LogP contribution in [0.3, 0.4) is 0 Å². The Kier molecular flexibility index (Phi) is 6.87. The second-order valence-electron chi connectivity index (χ2n) is 6.78. The van der Waals surface area contributed by atoms with Gasteiger partial charge in [0.15, 0.2) is 0 Å². The first-order chi connectivity index (χ1) is 13.9. The number of piperazine rings is 1. The highest BCUT2D eigenvalue weighted by molar-refractivity contribution is 7.98. The van der Waals surface area contributed by atoms with Gasteiger partial charge in [-0.2, -0.15) is 4.31 Å². The Morgan fingerprint density at radius 2 is 1.72 bits per heavy atom. The number of hydrogen-bond acceptors (Lipinski definition) is 5. The average Bonchev–Trinajstić information content (AvgIpc) is 2.74. The Balaban J connectivity index is 1.69. The van der Waals surface area contributed by atoms with Gasteiger partial charge in [-0.3, -0.25) is 4.79 Å². The molecular weight excluding hydrogens is 408 g/mol. The molecule has 8 heteroatoms. The van der Waals surface area contributed by atoms with Gasteiger partial charge in [-0.1, -0.05) is 6.07 Å². The number of carbonyl (C=O) groups is 1. The molecule has 3 rings (SSSR count). The number of amides is 1. The van der Waals surface area contributed by atoms with Crippen molar-refractivity contribution in [3.05, 3.63) is 53.6 Å². The zero-order chi connectivity index (χ0) is 21.0. The van der Waals surface area contributed by atoms with Crippen LogP contribution in [-0.2, 0) is 10.0 Å². The largest absolute Gasteiger partial charge is 0.494 e. The second-order valence-corrected chi connectivity index (χ2v) is 9.60. The fourth-order valence-electron chi connectivity index (χ4n) is 3.28. The quantitative estimate of drug-likeness (QED) is 0.653. The van der Waals surface area contributed by atoms with Crippen molar-refractivity contribution >= 4 is 27.7 Å².